The summed E-state index contributed by atoms with van der Waals surface area (Å²) in [5.41, 5.74) is 7.66. The van der Waals surface area contributed by atoms with Crippen LogP contribution in [-0.4, -0.2) is 39.0 Å². The molecule has 2 atom stereocenters. The highest BCUT2D eigenvalue weighted by Crippen LogP contribution is 2.28. The van der Waals surface area contributed by atoms with Gasteiger partial charge in [0, 0.05) is 11.5 Å². The van der Waals surface area contributed by atoms with E-state index in [0.29, 0.717) is 12.4 Å². The fourth-order valence-electron chi connectivity index (χ4n) is 2.89. The van der Waals surface area contributed by atoms with Gasteiger partial charge in [-0.1, -0.05) is 30.3 Å². The molecule has 0 aliphatic rings. The van der Waals surface area contributed by atoms with Crippen LogP contribution in [0.15, 0.2) is 48.5 Å². The zero-order chi connectivity index (χ0) is 20.3. The van der Waals surface area contributed by atoms with Gasteiger partial charge >= 0.3 is 0 Å². The second kappa shape index (κ2) is 8.41. The zero-order valence-electron chi connectivity index (χ0n) is 16.3. The lowest BCUT2D eigenvalue weighted by Crippen LogP contribution is -2.43. The van der Waals surface area contributed by atoms with Crippen molar-refractivity contribution in [2.75, 3.05) is 5.32 Å². The number of nitrogens with two attached hydrogens (primary N) is 1. The number of anilines is 1. The second-order valence-electron chi connectivity index (χ2n) is 7.09. The standard InChI is InChI=1S/C21H26N4O3/c1-13(2)28-16-9-10-17-18(11-16)25(12-15-7-5-4-6-8-15)24-20(17)23-21(27)19(22)14(3)26/h4-11,13-14,19,26H,12,22H2,1-3H3,(H,23,24,27)/t14-,19+/m1/s1. The predicted molar refractivity (Wildman–Crippen MR) is 109 cm³/mol. The lowest BCUT2D eigenvalue weighted by Gasteiger charge is -2.13. The molecule has 1 aromatic heterocycles. The maximum atomic E-state index is 12.3. The molecule has 3 aromatic rings. The Kier molecular flexibility index (Phi) is 5.96. The molecule has 1 amide bonds. The third kappa shape index (κ3) is 4.49. The van der Waals surface area contributed by atoms with Gasteiger partial charge in [0.15, 0.2) is 5.82 Å². The molecular weight excluding hydrogens is 356 g/mol. The Morgan fingerprint density at radius 3 is 2.57 bits per heavy atom. The van der Waals surface area contributed by atoms with E-state index in [1.807, 2.05) is 67.1 Å². The molecule has 0 aliphatic heterocycles. The highest BCUT2D eigenvalue weighted by atomic mass is 16.5. The Hall–Kier alpha value is -2.90. The van der Waals surface area contributed by atoms with Crippen LogP contribution in [0.4, 0.5) is 5.82 Å². The van der Waals surface area contributed by atoms with Gasteiger partial charge < -0.3 is 20.9 Å². The molecule has 0 saturated carbocycles. The SMILES string of the molecule is CC(C)Oc1ccc2c(NC(=O)[C@@H](N)[C@@H](C)O)nn(Cc3ccccc3)c2c1. The number of rotatable bonds is 7. The highest BCUT2D eigenvalue weighted by molar-refractivity contribution is 6.02. The van der Waals surface area contributed by atoms with E-state index in [2.05, 4.69) is 10.4 Å². The molecule has 7 nitrogen and oxygen atoms in total. The summed E-state index contributed by atoms with van der Waals surface area (Å²) in [6.45, 7) is 5.95. The van der Waals surface area contributed by atoms with Crippen molar-refractivity contribution < 1.29 is 14.6 Å². The average molecular weight is 382 g/mol. The number of ether oxygens (including phenoxy) is 1. The quantitative estimate of drug-likeness (QED) is 0.583. The fraction of sp³-hybridized carbons (Fsp3) is 0.333. The first-order valence-corrected chi connectivity index (χ1v) is 9.31. The van der Waals surface area contributed by atoms with E-state index in [0.717, 1.165) is 22.2 Å². The molecular formula is C21H26N4O3. The molecule has 0 fully saturated rings. The van der Waals surface area contributed by atoms with E-state index in [1.54, 1.807) is 0 Å². The predicted octanol–water partition coefficient (Wildman–Crippen LogP) is 2.52. The smallest absolute Gasteiger partial charge is 0.245 e. The maximum Gasteiger partial charge on any atom is 0.245 e. The Morgan fingerprint density at radius 1 is 1.21 bits per heavy atom. The fourth-order valence-corrected chi connectivity index (χ4v) is 2.89. The van der Waals surface area contributed by atoms with E-state index < -0.39 is 18.1 Å². The third-order valence-electron chi connectivity index (χ3n) is 4.33. The van der Waals surface area contributed by atoms with E-state index in [4.69, 9.17) is 10.5 Å². The molecule has 28 heavy (non-hydrogen) atoms. The van der Waals surface area contributed by atoms with Crippen LogP contribution in [0.1, 0.15) is 26.3 Å². The van der Waals surface area contributed by atoms with Gasteiger partial charge in [0.05, 0.1) is 24.3 Å². The molecule has 0 saturated heterocycles. The van der Waals surface area contributed by atoms with Crippen LogP contribution in [0.25, 0.3) is 10.9 Å². The number of aliphatic hydroxyl groups is 1. The lowest BCUT2D eigenvalue weighted by molar-refractivity contribution is -0.119. The number of aliphatic hydroxyl groups excluding tert-OH is 1. The van der Waals surface area contributed by atoms with Crippen LogP contribution in [0, 0.1) is 0 Å². The molecule has 148 valence electrons. The highest BCUT2D eigenvalue weighted by Gasteiger charge is 2.21. The summed E-state index contributed by atoms with van der Waals surface area (Å²) in [6.07, 6.45) is -0.908. The van der Waals surface area contributed by atoms with Gasteiger partial charge in [-0.3, -0.25) is 9.48 Å². The van der Waals surface area contributed by atoms with Crippen LogP contribution in [-0.2, 0) is 11.3 Å². The maximum absolute atomic E-state index is 12.3. The summed E-state index contributed by atoms with van der Waals surface area (Å²) in [6, 6.07) is 14.5. The van der Waals surface area contributed by atoms with Crippen LogP contribution in [0.5, 0.6) is 5.75 Å². The molecule has 7 heteroatoms. The number of nitrogens with zero attached hydrogens (tertiary/aromatic N) is 2. The molecule has 1 heterocycles. The first-order chi connectivity index (χ1) is 13.3. The summed E-state index contributed by atoms with van der Waals surface area (Å²) in [5.74, 6) is 0.655. The van der Waals surface area contributed by atoms with Crippen LogP contribution >= 0.6 is 0 Å². The van der Waals surface area contributed by atoms with Gasteiger partial charge in [-0.05, 0) is 38.5 Å². The van der Waals surface area contributed by atoms with Crippen molar-refractivity contribution in [1.82, 2.24) is 9.78 Å². The molecule has 4 N–H and O–H groups in total. The van der Waals surface area contributed by atoms with E-state index in [-0.39, 0.29) is 6.10 Å². The Bertz CT molecular complexity index is 951. The summed E-state index contributed by atoms with van der Waals surface area (Å²) in [5, 5.41) is 17.7. The Balaban J connectivity index is 2.00. The Morgan fingerprint density at radius 2 is 1.93 bits per heavy atom. The summed E-state index contributed by atoms with van der Waals surface area (Å²) in [7, 11) is 0. The van der Waals surface area contributed by atoms with Crippen molar-refractivity contribution in [3.05, 3.63) is 54.1 Å². The largest absolute Gasteiger partial charge is 0.491 e. The van der Waals surface area contributed by atoms with Crippen molar-refractivity contribution in [3.8, 4) is 5.75 Å². The molecule has 0 bridgehead atoms. The molecule has 2 aromatic carbocycles. The van der Waals surface area contributed by atoms with Crippen molar-refractivity contribution in [3.63, 3.8) is 0 Å². The molecule has 0 unspecified atom stereocenters. The van der Waals surface area contributed by atoms with Crippen LogP contribution < -0.4 is 15.8 Å². The van der Waals surface area contributed by atoms with Gasteiger partial charge in [0.25, 0.3) is 0 Å². The lowest BCUT2D eigenvalue weighted by atomic mass is 10.2. The average Bonchev–Trinajstić information content (AvgIpc) is 2.98. The third-order valence-corrected chi connectivity index (χ3v) is 4.33. The summed E-state index contributed by atoms with van der Waals surface area (Å²) >= 11 is 0. The molecule has 0 radical (unpaired) electrons. The number of benzene rings is 2. The van der Waals surface area contributed by atoms with Crippen molar-refractivity contribution >= 4 is 22.6 Å². The molecule has 3 rings (SSSR count). The van der Waals surface area contributed by atoms with Gasteiger partial charge in [0.2, 0.25) is 5.91 Å². The number of nitrogens with one attached hydrogen (secondary N) is 1. The molecule has 0 aliphatic carbocycles. The number of aromatic nitrogens is 2. The van der Waals surface area contributed by atoms with E-state index >= 15 is 0 Å². The van der Waals surface area contributed by atoms with Gasteiger partial charge in [-0.25, -0.2) is 0 Å². The Labute approximate surface area is 164 Å². The minimum atomic E-state index is -1.03. The number of fused-ring (bicyclic) bond motifs is 1. The van der Waals surface area contributed by atoms with E-state index in [9.17, 15) is 9.90 Å². The minimum absolute atomic E-state index is 0.0474. The summed E-state index contributed by atoms with van der Waals surface area (Å²) < 4.78 is 7.63. The number of carbonyl (C=O) groups excluding carboxylic acids is 1. The number of amides is 1. The van der Waals surface area contributed by atoms with E-state index in [1.165, 1.54) is 6.92 Å². The first kappa shape index (κ1) is 19.9. The first-order valence-electron chi connectivity index (χ1n) is 9.31. The number of hydrogen-bond donors (Lipinski definition) is 3. The number of hydrogen-bond acceptors (Lipinski definition) is 5. The van der Waals surface area contributed by atoms with Crippen LogP contribution in [0.3, 0.4) is 0 Å². The minimum Gasteiger partial charge on any atom is -0.491 e. The van der Waals surface area contributed by atoms with Gasteiger partial charge in [0.1, 0.15) is 11.8 Å². The topological polar surface area (TPSA) is 102 Å². The van der Waals surface area contributed by atoms with Crippen molar-refractivity contribution in [2.45, 2.75) is 45.6 Å². The monoisotopic (exact) mass is 382 g/mol. The van der Waals surface area contributed by atoms with Crippen LogP contribution in [0.2, 0.25) is 0 Å². The van der Waals surface area contributed by atoms with Gasteiger partial charge in [-0.15, -0.1) is 0 Å². The second-order valence-corrected chi connectivity index (χ2v) is 7.09. The van der Waals surface area contributed by atoms with Crippen molar-refractivity contribution in [1.29, 1.82) is 0 Å². The van der Waals surface area contributed by atoms with Crippen molar-refractivity contribution in [2.24, 2.45) is 5.73 Å². The van der Waals surface area contributed by atoms with Gasteiger partial charge in [-0.2, -0.15) is 5.10 Å². The number of carbonyl (C=O) groups is 1. The molecule has 0 spiro atoms. The summed E-state index contributed by atoms with van der Waals surface area (Å²) in [4.78, 5) is 12.3. The normalized spacial score (nSPS) is 13.5. The zero-order valence-corrected chi connectivity index (χ0v) is 16.3.